The third-order valence-electron chi connectivity index (χ3n) is 1.63. The van der Waals surface area contributed by atoms with Crippen LogP contribution in [0.2, 0.25) is 0 Å². The van der Waals surface area contributed by atoms with Gasteiger partial charge in [0.25, 0.3) is 0 Å². The van der Waals surface area contributed by atoms with Gasteiger partial charge in [-0.2, -0.15) is 8.42 Å². The summed E-state index contributed by atoms with van der Waals surface area (Å²) < 4.78 is 31.6. The van der Waals surface area contributed by atoms with Crippen LogP contribution in [0.1, 0.15) is 0 Å². The van der Waals surface area contributed by atoms with Crippen LogP contribution in [-0.4, -0.2) is 73.9 Å². The molecule has 1 aromatic heterocycles. The Balaban J connectivity index is 0.000000373. The molecule has 0 unspecified atom stereocenters. The van der Waals surface area contributed by atoms with Gasteiger partial charge in [-0.05, 0) is 17.5 Å². The molecule has 2 aromatic rings. The number of hydrogen-bond donors (Lipinski definition) is 3. The van der Waals surface area contributed by atoms with Crippen molar-refractivity contribution in [3.63, 3.8) is 0 Å². The van der Waals surface area contributed by atoms with Crippen molar-refractivity contribution in [1.29, 1.82) is 0 Å². The van der Waals surface area contributed by atoms with E-state index in [0.29, 0.717) is 0 Å². The molecule has 6 nitrogen and oxygen atoms in total. The van der Waals surface area contributed by atoms with Crippen LogP contribution < -0.4 is 5.56 Å². The van der Waals surface area contributed by atoms with E-state index in [0.717, 1.165) is 10.9 Å². The second-order valence-electron chi connectivity index (χ2n) is 2.86. The van der Waals surface area contributed by atoms with Crippen LogP contribution in [0.25, 0.3) is 10.9 Å². The molecule has 8 heteroatoms. The van der Waals surface area contributed by atoms with Crippen molar-refractivity contribution in [2.24, 2.45) is 0 Å². The van der Waals surface area contributed by atoms with Crippen LogP contribution in [0.15, 0.2) is 41.2 Å². The summed E-state index contributed by atoms with van der Waals surface area (Å²) >= 11 is 0. The van der Waals surface area contributed by atoms with Crippen molar-refractivity contribution in [3.05, 3.63) is 46.8 Å². The normalized spacial score (nSPS) is 10.0. The average molecular weight is 282 g/mol. The Morgan fingerprint density at radius 1 is 1.00 bits per heavy atom. The Morgan fingerprint density at radius 2 is 1.53 bits per heavy atom. The number of rotatable bonds is 0. The van der Waals surface area contributed by atoms with E-state index in [2.05, 4.69) is 4.98 Å². The summed E-state index contributed by atoms with van der Waals surface area (Å²) in [7, 11) is -4.67. The fourth-order valence-corrected chi connectivity index (χ4v) is 1.10. The molecule has 0 bridgehead atoms. The molecule has 0 aliphatic heterocycles. The minimum Gasteiger partial charge on any atom is -0.322 e. The number of aromatic nitrogens is 1. The van der Waals surface area contributed by atoms with Gasteiger partial charge in [-0.1, -0.05) is 18.2 Å². The van der Waals surface area contributed by atoms with Gasteiger partial charge in [0.15, 0.2) is 0 Å². The molecule has 0 aliphatic rings. The van der Waals surface area contributed by atoms with E-state index in [1.807, 2.05) is 30.3 Å². The third-order valence-corrected chi connectivity index (χ3v) is 1.63. The van der Waals surface area contributed by atoms with E-state index in [1.54, 1.807) is 0 Å². The van der Waals surface area contributed by atoms with E-state index < -0.39 is 10.4 Å². The summed E-state index contributed by atoms with van der Waals surface area (Å²) in [6, 6.07) is 11.0. The predicted octanol–water partition coefficient (Wildman–Crippen LogP) is 0.494. The molecule has 0 spiro atoms. The first kappa shape index (κ1) is 16.9. The number of pyridine rings is 1. The Kier molecular flexibility index (Phi) is 7.36. The van der Waals surface area contributed by atoms with Crippen LogP contribution in [-0.2, 0) is 10.4 Å². The van der Waals surface area contributed by atoms with Crippen molar-refractivity contribution >= 4 is 72.7 Å². The van der Waals surface area contributed by atoms with Crippen molar-refractivity contribution < 1.29 is 17.5 Å². The van der Waals surface area contributed by atoms with Gasteiger partial charge in [-0.15, -0.1) is 0 Å². The number of para-hydroxylation sites is 1. The Hall–Kier alpha value is -0.0636. The van der Waals surface area contributed by atoms with Crippen LogP contribution in [0, 0.1) is 0 Å². The van der Waals surface area contributed by atoms with E-state index >= 15 is 0 Å². The smallest absolute Gasteiger partial charge is 0.322 e. The van der Waals surface area contributed by atoms with Crippen LogP contribution in [0.3, 0.4) is 0 Å². The number of fused-ring (bicyclic) bond motifs is 1. The molecule has 0 fully saturated rings. The average Bonchev–Trinajstić information content (AvgIpc) is 2.15. The zero-order chi connectivity index (χ0) is 12.2. The van der Waals surface area contributed by atoms with Gasteiger partial charge in [0, 0.05) is 63.0 Å². The summed E-state index contributed by atoms with van der Waals surface area (Å²) in [5, 5.41) is 1.06. The summed E-state index contributed by atoms with van der Waals surface area (Å²) in [5.74, 6) is 0. The molecule has 17 heavy (non-hydrogen) atoms. The molecular weight excluding hydrogens is 273 g/mol. The van der Waals surface area contributed by atoms with Crippen molar-refractivity contribution in [1.82, 2.24) is 4.98 Å². The maximum atomic E-state index is 10.8. The molecule has 1 radical (unpaired) electrons. The van der Waals surface area contributed by atoms with Crippen LogP contribution >= 0.6 is 0 Å². The van der Waals surface area contributed by atoms with Gasteiger partial charge in [-0.25, -0.2) is 0 Å². The molecule has 0 saturated heterocycles. The van der Waals surface area contributed by atoms with Crippen LogP contribution in [0.5, 0.6) is 0 Å². The number of nitrogens with one attached hydrogen (secondary N) is 1. The summed E-state index contributed by atoms with van der Waals surface area (Å²) in [5.41, 5.74) is 0.837. The SMILES string of the molecule is O=S(=O)(O)O.O=c1ccc2ccccc2[nH]1.[K]. The zero-order valence-electron chi connectivity index (χ0n) is 8.99. The summed E-state index contributed by atoms with van der Waals surface area (Å²) in [6.45, 7) is 0. The van der Waals surface area contributed by atoms with Crippen LogP contribution in [0.4, 0.5) is 0 Å². The van der Waals surface area contributed by atoms with E-state index in [9.17, 15) is 4.79 Å². The fraction of sp³-hybridized carbons (Fsp3) is 0. The first-order valence-corrected chi connectivity index (χ1v) is 5.54. The van der Waals surface area contributed by atoms with Crippen molar-refractivity contribution in [3.8, 4) is 0 Å². The molecule has 0 amide bonds. The minimum absolute atomic E-state index is 0. The van der Waals surface area contributed by atoms with E-state index in [4.69, 9.17) is 17.5 Å². The summed E-state index contributed by atoms with van der Waals surface area (Å²) in [6.07, 6.45) is 0. The topological polar surface area (TPSA) is 107 Å². The van der Waals surface area contributed by atoms with Crippen molar-refractivity contribution in [2.75, 3.05) is 0 Å². The molecule has 87 valence electrons. The third kappa shape index (κ3) is 7.79. The number of hydrogen-bond acceptors (Lipinski definition) is 3. The van der Waals surface area contributed by atoms with Gasteiger partial charge < -0.3 is 4.98 Å². The minimum atomic E-state index is -4.67. The number of benzene rings is 1. The molecule has 1 aromatic carbocycles. The quantitative estimate of drug-likeness (QED) is 0.481. The van der Waals surface area contributed by atoms with Gasteiger partial charge in [0.2, 0.25) is 5.56 Å². The summed E-state index contributed by atoms with van der Waals surface area (Å²) in [4.78, 5) is 13.6. The van der Waals surface area contributed by atoms with Gasteiger partial charge in [0.05, 0.1) is 0 Å². The van der Waals surface area contributed by atoms with Gasteiger partial charge in [-0.3, -0.25) is 13.9 Å². The first-order valence-electron chi connectivity index (χ1n) is 4.14. The molecule has 2 rings (SSSR count). The molecule has 0 atom stereocenters. The first-order chi connectivity index (χ1) is 7.36. The van der Waals surface area contributed by atoms with Crippen molar-refractivity contribution in [2.45, 2.75) is 0 Å². The molecule has 3 N–H and O–H groups in total. The second kappa shape index (κ2) is 7.39. The van der Waals surface area contributed by atoms with Gasteiger partial charge in [0.1, 0.15) is 0 Å². The molecule has 0 saturated carbocycles. The molecular formula is C9H9KNO5S. The Bertz CT molecular complexity index is 629. The van der Waals surface area contributed by atoms with E-state index in [1.165, 1.54) is 6.07 Å². The standard InChI is InChI=1S/C9H7NO.K.H2O4S/c11-9-6-5-7-3-1-2-4-8(7)10-9;;1-5(2,3)4/h1-6H,(H,10,11);;(H2,1,2,3,4). The fourth-order valence-electron chi connectivity index (χ4n) is 1.10. The maximum absolute atomic E-state index is 10.8. The molecule has 1 heterocycles. The molecule has 0 aliphatic carbocycles. The Labute approximate surface area is 140 Å². The van der Waals surface area contributed by atoms with Gasteiger partial charge >= 0.3 is 10.4 Å². The van der Waals surface area contributed by atoms with E-state index in [-0.39, 0.29) is 56.9 Å². The predicted molar refractivity (Wildman–Crippen MR) is 64.5 cm³/mol. The Morgan fingerprint density at radius 3 is 2.12 bits per heavy atom. The largest absolute Gasteiger partial charge is 0.394 e. The monoisotopic (exact) mass is 282 g/mol. The maximum Gasteiger partial charge on any atom is 0.394 e. The second-order valence-corrected chi connectivity index (χ2v) is 3.75. The number of aromatic amines is 1. The number of H-pyrrole nitrogens is 1. The zero-order valence-corrected chi connectivity index (χ0v) is 12.9.